The fraction of sp³-hybridized carbons (Fsp3) is 0.250. The van der Waals surface area contributed by atoms with Crippen molar-refractivity contribution in [1.82, 2.24) is 10.3 Å². The van der Waals surface area contributed by atoms with Crippen molar-refractivity contribution in [3.63, 3.8) is 0 Å². The minimum absolute atomic E-state index is 0.0838. The lowest BCUT2D eigenvalue weighted by Crippen LogP contribution is -2.42. The van der Waals surface area contributed by atoms with Crippen LogP contribution in [0.4, 0.5) is 5.69 Å². The number of halogens is 1. The summed E-state index contributed by atoms with van der Waals surface area (Å²) in [6.45, 7) is 0.931. The van der Waals surface area contributed by atoms with Crippen molar-refractivity contribution in [1.29, 1.82) is 0 Å². The molecule has 0 spiro atoms. The van der Waals surface area contributed by atoms with Crippen molar-refractivity contribution in [3.8, 4) is 0 Å². The summed E-state index contributed by atoms with van der Waals surface area (Å²) in [6.07, 6.45) is 2.30. The van der Waals surface area contributed by atoms with Crippen molar-refractivity contribution in [2.45, 2.75) is 12.8 Å². The van der Waals surface area contributed by atoms with Gasteiger partial charge in [-0.25, -0.2) is 5.43 Å². The standard InChI is InChI=1S/C20H19ClN4O4/c21-17-7-5-15(6-8-17)20(27)24-11-9-14(10-12-24)19(26)23-22-13-16-3-1-2-4-18(16)25(28)29/h1-8,13-14H,9-12H2,(H,23,26)/b22-13-. The van der Waals surface area contributed by atoms with Crippen molar-refractivity contribution in [3.05, 3.63) is 74.8 Å². The summed E-state index contributed by atoms with van der Waals surface area (Å²) in [7, 11) is 0. The molecule has 2 aromatic rings. The van der Waals surface area contributed by atoms with E-state index in [0.717, 1.165) is 0 Å². The molecule has 29 heavy (non-hydrogen) atoms. The number of nitrogens with one attached hydrogen (secondary N) is 1. The molecule has 0 aliphatic carbocycles. The summed E-state index contributed by atoms with van der Waals surface area (Å²) < 4.78 is 0. The number of carbonyl (C=O) groups excluding carboxylic acids is 2. The van der Waals surface area contributed by atoms with Crippen LogP contribution in [-0.2, 0) is 4.79 Å². The molecule has 1 N–H and O–H groups in total. The number of piperidine rings is 1. The summed E-state index contributed by atoms with van der Waals surface area (Å²) in [5.41, 5.74) is 3.22. The van der Waals surface area contributed by atoms with Crippen LogP contribution in [0.2, 0.25) is 5.02 Å². The van der Waals surface area contributed by atoms with Gasteiger partial charge in [0.1, 0.15) is 0 Å². The Kier molecular flexibility index (Phi) is 6.56. The Balaban J connectivity index is 1.52. The molecule has 2 aromatic carbocycles. The van der Waals surface area contributed by atoms with E-state index in [1.165, 1.54) is 12.3 Å². The van der Waals surface area contributed by atoms with Gasteiger partial charge in [0.15, 0.2) is 0 Å². The van der Waals surface area contributed by atoms with Crippen LogP contribution < -0.4 is 5.43 Å². The number of benzene rings is 2. The number of hydrazone groups is 1. The number of carbonyl (C=O) groups is 2. The molecule has 1 heterocycles. The van der Waals surface area contributed by atoms with Gasteiger partial charge in [-0.05, 0) is 43.2 Å². The second-order valence-corrected chi connectivity index (χ2v) is 7.06. The van der Waals surface area contributed by atoms with E-state index in [9.17, 15) is 19.7 Å². The molecule has 0 aromatic heterocycles. The Labute approximate surface area is 172 Å². The second kappa shape index (κ2) is 9.29. The average molecular weight is 415 g/mol. The van der Waals surface area contributed by atoms with E-state index in [0.29, 0.717) is 42.1 Å². The zero-order valence-electron chi connectivity index (χ0n) is 15.5. The van der Waals surface area contributed by atoms with Gasteiger partial charge >= 0.3 is 0 Å². The number of nitro groups is 1. The Morgan fingerprint density at radius 1 is 1.14 bits per heavy atom. The third-order valence-electron chi connectivity index (χ3n) is 4.76. The van der Waals surface area contributed by atoms with Crippen molar-refractivity contribution in [2.24, 2.45) is 11.0 Å². The molecule has 8 nitrogen and oxygen atoms in total. The third kappa shape index (κ3) is 5.17. The maximum absolute atomic E-state index is 12.5. The minimum Gasteiger partial charge on any atom is -0.339 e. The fourth-order valence-electron chi connectivity index (χ4n) is 3.14. The van der Waals surface area contributed by atoms with E-state index >= 15 is 0 Å². The summed E-state index contributed by atoms with van der Waals surface area (Å²) >= 11 is 5.85. The highest BCUT2D eigenvalue weighted by molar-refractivity contribution is 6.30. The van der Waals surface area contributed by atoms with E-state index in [1.54, 1.807) is 47.4 Å². The predicted octanol–water partition coefficient (Wildman–Crippen LogP) is 3.25. The van der Waals surface area contributed by atoms with Crippen LogP contribution in [0.5, 0.6) is 0 Å². The van der Waals surface area contributed by atoms with Gasteiger partial charge in [0, 0.05) is 35.7 Å². The zero-order valence-corrected chi connectivity index (χ0v) is 16.2. The van der Waals surface area contributed by atoms with Gasteiger partial charge in [0.2, 0.25) is 5.91 Å². The predicted molar refractivity (Wildman–Crippen MR) is 109 cm³/mol. The van der Waals surface area contributed by atoms with E-state index < -0.39 is 4.92 Å². The molecule has 1 saturated heterocycles. The number of hydrogen-bond donors (Lipinski definition) is 1. The molecule has 150 valence electrons. The lowest BCUT2D eigenvalue weighted by molar-refractivity contribution is -0.385. The van der Waals surface area contributed by atoms with Gasteiger partial charge in [-0.3, -0.25) is 19.7 Å². The zero-order chi connectivity index (χ0) is 20.8. The number of rotatable bonds is 5. The topological polar surface area (TPSA) is 105 Å². The SMILES string of the molecule is O=C(N/N=C\c1ccccc1[N+](=O)[O-])C1CCN(C(=O)c2ccc(Cl)cc2)CC1. The lowest BCUT2D eigenvalue weighted by Gasteiger charge is -2.31. The van der Waals surface area contributed by atoms with Gasteiger partial charge in [-0.15, -0.1) is 0 Å². The molecule has 1 aliphatic heterocycles. The third-order valence-corrected chi connectivity index (χ3v) is 5.01. The first-order valence-corrected chi connectivity index (χ1v) is 9.44. The van der Waals surface area contributed by atoms with Crippen LogP contribution in [0, 0.1) is 16.0 Å². The molecule has 0 atom stereocenters. The van der Waals surface area contributed by atoms with Gasteiger partial charge in [-0.1, -0.05) is 23.7 Å². The minimum atomic E-state index is -0.503. The largest absolute Gasteiger partial charge is 0.339 e. The number of para-hydroxylation sites is 1. The summed E-state index contributed by atoms with van der Waals surface area (Å²) in [5, 5.41) is 15.4. The highest BCUT2D eigenvalue weighted by Crippen LogP contribution is 2.20. The smallest absolute Gasteiger partial charge is 0.278 e. The van der Waals surface area contributed by atoms with Crippen molar-refractivity contribution >= 4 is 35.3 Å². The molecule has 0 saturated carbocycles. The fourth-order valence-corrected chi connectivity index (χ4v) is 3.27. The Morgan fingerprint density at radius 2 is 1.79 bits per heavy atom. The van der Waals surface area contributed by atoms with E-state index in [4.69, 9.17) is 11.6 Å². The highest BCUT2D eigenvalue weighted by Gasteiger charge is 2.27. The molecule has 1 aliphatic rings. The van der Waals surface area contributed by atoms with Gasteiger partial charge in [-0.2, -0.15) is 5.10 Å². The number of nitrogens with zero attached hydrogens (tertiary/aromatic N) is 3. The van der Waals surface area contributed by atoms with Crippen LogP contribution in [-0.4, -0.2) is 40.9 Å². The normalized spacial score (nSPS) is 14.7. The first-order chi connectivity index (χ1) is 14.0. The van der Waals surface area contributed by atoms with Crippen LogP contribution in [0.1, 0.15) is 28.8 Å². The molecule has 1 fully saturated rings. The molecular formula is C20H19ClN4O4. The van der Waals surface area contributed by atoms with Gasteiger partial charge in [0.05, 0.1) is 16.7 Å². The number of nitro benzene ring substituents is 1. The maximum Gasteiger partial charge on any atom is 0.278 e. The Morgan fingerprint density at radius 3 is 2.45 bits per heavy atom. The number of likely N-dealkylation sites (tertiary alicyclic amines) is 1. The molecule has 9 heteroatoms. The average Bonchev–Trinajstić information content (AvgIpc) is 2.74. The molecular weight excluding hydrogens is 396 g/mol. The molecule has 2 amide bonds. The molecule has 3 rings (SSSR count). The summed E-state index contributed by atoms with van der Waals surface area (Å²) in [5.74, 6) is -0.625. The maximum atomic E-state index is 12.5. The van der Waals surface area contributed by atoms with Gasteiger partial charge < -0.3 is 4.90 Å². The summed E-state index contributed by atoms with van der Waals surface area (Å²) in [4.78, 5) is 37.0. The highest BCUT2D eigenvalue weighted by atomic mass is 35.5. The van der Waals surface area contributed by atoms with Crippen LogP contribution in [0.15, 0.2) is 53.6 Å². The van der Waals surface area contributed by atoms with Crippen molar-refractivity contribution in [2.75, 3.05) is 13.1 Å². The van der Waals surface area contributed by atoms with Crippen LogP contribution in [0.3, 0.4) is 0 Å². The Bertz CT molecular complexity index is 938. The second-order valence-electron chi connectivity index (χ2n) is 6.62. The lowest BCUT2D eigenvalue weighted by atomic mass is 9.95. The molecule has 0 radical (unpaired) electrons. The van der Waals surface area contributed by atoms with Crippen molar-refractivity contribution < 1.29 is 14.5 Å². The quantitative estimate of drug-likeness (QED) is 0.460. The number of hydrogen-bond acceptors (Lipinski definition) is 5. The first kappa shape index (κ1) is 20.5. The van der Waals surface area contributed by atoms with E-state index in [1.807, 2.05) is 0 Å². The molecule has 0 bridgehead atoms. The van der Waals surface area contributed by atoms with E-state index in [-0.39, 0.29) is 23.4 Å². The van der Waals surface area contributed by atoms with Gasteiger partial charge in [0.25, 0.3) is 11.6 Å². The van der Waals surface area contributed by atoms with Crippen LogP contribution >= 0.6 is 11.6 Å². The van der Waals surface area contributed by atoms with Crippen LogP contribution in [0.25, 0.3) is 0 Å². The monoisotopic (exact) mass is 414 g/mol. The Hall–Kier alpha value is -3.26. The van der Waals surface area contributed by atoms with E-state index in [2.05, 4.69) is 10.5 Å². The first-order valence-electron chi connectivity index (χ1n) is 9.07. The molecule has 0 unspecified atom stereocenters. The summed E-state index contributed by atoms with van der Waals surface area (Å²) in [6, 6.07) is 12.8. The number of amides is 2.